The predicted octanol–water partition coefficient (Wildman–Crippen LogP) is 3.30. The Morgan fingerprint density at radius 1 is 0.793 bits per heavy atom. The summed E-state index contributed by atoms with van der Waals surface area (Å²) in [7, 11) is 0. The van der Waals surface area contributed by atoms with Crippen LogP contribution in [0.3, 0.4) is 0 Å². The summed E-state index contributed by atoms with van der Waals surface area (Å²) in [6.07, 6.45) is 2.18. The molecule has 1 heterocycles. The highest BCUT2D eigenvalue weighted by Crippen LogP contribution is 2.20. The van der Waals surface area contributed by atoms with Crippen LogP contribution in [0.2, 0.25) is 0 Å². The normalized spacial score (nSPS) is 9.66. The number of hydrogen-bond acceptors (Lipinski definition) is 6. The molecule has 1 aromatic heterocycles. The first-order valence-electron chi connectivity index (χ1n) is 8.06. The van der Waals surface area contributed by atoms with Crippen molar-refractivity contribution in [2.75, 3.05) is 0 Å². The number of carbonyl (C=O) groups is 3. The van der Waals surface area contributed by atoms with Crippen molar-refractivity contribution < 1.29 is 29.5 Å². The van der Waals surface area contributed by atoms with E-state index in [2.05, 4.69) is 4.98 Å². The summed E-state index contributed by atoms with van der Waals surface area (Å²) >= 11 is 0. The Morgan fingerprint density at radius 2 is 1.31 bits per heavy atom. The molecule has 29 heavy (non-hydrogen) atoms. The van der Waals surface area contributed by atoms with Gasteiger partial charge in [-0.3, -0.25) is 19.9 Å². The Morgan fingerprint density at radius 3 is 1.83 bits per heavy atom. The fourth-order valence-electron chi connectivity index (χ4n) is 2.24. The number of aromatic carboxylic acids is 2. The van der Waals surface area contributed by atoms with Gasteiger partial charge in [-0.05, 0) is 12.1 Å². The van der Waals surface area contributed by atoms with Crippen LogP contribution >= 0.6 is 0 Å². The molecule has 0 aliphatic carbocycles. The lowest BCUT2D eigenvalue weighted by molar-refractivity contribution is -0.385. The van der Waals surface area contributed by atoms with E-state index in [1.807, 2.05) is 0 Å². The van der Waals surface area contributed by atoms with Crippen LogP contribution in [0.5, 0.6) is 0 Å². The van der Waals surface area contributed by atoms with Gasteiger partial charge in [-0.1, -0.05) is 42.5 Å². The minimum atomic E-state index is -1.19. The largest absolute Gasteiger partial charge is 0.478 e. The maximum Gasteiger partial charge on any atom is 0.337 e. The number of rotatable bonds is 5. The summed E-state index contributed by atoms with van der Waals surface area (Å²) in [6, 6.07) is 15.5. The number of nitro groups is 1. The number of carboxylic acid groups (broad SMARTS) is 2. The standard InChI is InChI=1S/C13H9NO3.C7H5NO4/c15-13(10-6-2-1-3-7-10)11-8-4-5-9-12(11)14(16)17;9-6(10)4-1-5(7(11)12)3-8-2-4/h1-9H;1-3H,(H,9,10)(H,11,12). The van der Waals surface area contributed by atoms with Crippen molar-refractivity contribution in [3.05, 3.63) is 105 Å². The number of carboxylic acids is 2. The van der Waals surface area contributed by atoms with Gasteiger partial charge in [0, 0.05) is 24.0 Å². The minimum Gasteiger partial charge on any atom is -0.478 e. The number of nitro benzene ring substituents is 1. The Balaban J connectivity index is 0.000000221. The molecule has 0 amide bonds. The van der Waals surface area contributed by atoms with Crippen LogP contribution in [0.15, 0.2) is 73.1 Å². The molecular formula is C20H14N2O7. The first-order valence-corrected chi connectivity index (χ1v) is 8.06. The third-order valence-electron chi connectivity index (χ3n) is 3.61. The number of aromatic nitrogens is 1. The third-order valence-corrected chi connectivity index (χ3v) is 3.61. The molecule has 0 fully saturated rings. The molecule has 2 aromatic carbocycles. The zero-order valence-electron chi connectivity index (χ0n) is 14.8. The number of carbonyl (C=O) groups excluding carboxylic acids is 1. The highest BCUT2D eigenvalue weighted by molar-refractivity contribution is 6.11. The third kappa shape index (κ3) is 5.54. The zero-order valence-corrected chi connectivity index (χ0v) is 14.8. The molecule has 0 aliphatic heterocycles. The fourth-order valence-corrected chi connectivity index (χ4v) is 2.24. The zero-order chi connectivity index (χ0) is 21.4. The van der Waals surface area contributed by atoms with Crippen molar-refractivity contribution in [2.45, 2.75) is 0 Å². The molecule has 3 rings (SSSR count). The second-order valence-electron chi connectivity index (χ2n) is 5.54. The van der Waals surface area contributed by atoms with E-state index in [0.29, 0.717) is 5.56 Å². The van der Waals surface area contributed by atoms with Gasteiger partial charge in [-0.2, -0.15) is 0 Å². The average Bonchev–Trinajstić information content (AvgIpc) is 2.74. The van der Waals surface area contributed by atoms with Crippen LogP contribution in [0, 0.1) is 10.1 Å². The van der Waals surface area contributed by atoms with Gasteiger partial charge >= 0.3 is 11.9 Å². The van der Waals surface area contributed by atoms with Crippen LogP contribution < -0.4 is 0 Å². The second-order valence-corrected chi connectivity index (χ2v) is 5.54. The molecule has 3 aromatic rings. The van der Waals surface area contributed by atoms with Gasteiger partial charge < -0.3 is 10.2 Å². The lowest BCUT2D eigenvalue weighted by atomic mass is 10.0. The summed E-state index contributed by atoms with van der Waals surface area (Å²) in [5.41, 5.74) is 0.136. The Labute approximate surface area is 164 Å². The number of benzene rings is 2. The smallest absolute Gasteiger partial charge is 0.337 e. The van der Waals surface area contributed by atoms with Crippen LogP contribution in [0.1, 0.15) is 36.6 Å². The number of nitrogens with zero attached hydrogens (tertiary/aromatic N) is 2. The Hall–Kier alpha value is -4.40. The van der Waals surface area contributed by atoms with Crippen LogP contribution in [-0.2, 0) is 0 Å². The van der Waals surface area contributed by atoms with E-state index in [4.69, 9.17) is 10.2 Å². The molecule has 0 unspecified atom stereocenters. The molecule has 9 heteroatoms. The van der Waals surface area contributed by atoms with Gasteiger partial charge in [-0.15, -0.1) is 0 Å². The summed E-state index contributed by atoms with van der Waals surface area (Å²) in [6.45, 7) is 0. The average molecular weight is 394 g/mol. The summed E-state index contributed by atoms with van der Waals surface area (Å²) < 4.78 is 0. The second kappa shape index (κ2) is 9.51. The van der Waals surface area contributed by atoms with E-state index < -0.39 is 16.9 Å². The molecule has 9 nitrogen and oxygen atoms in total. The van der Waals surface area contributed by atoms with Crippen molar-refractivity contribution in [2.24, 2.45) is 0 Å². The molecule has 0 saturated heterocycles. The fraction of sp³-hybridized carbons (Fsp3) is 0. The summed E-state index contributed by atoms with van der Waals surface area (Å²) in [5.74, 6) is -2.71. The molecule has 0 saturated carbocycles. The lowest BCUT2D eigenvalue weighted by Crippen LogP contribution is -2.04. The van der Waals surface area contributed by atoms with Crippen molar-refractivity contribution in [3.63, 3.8) is 0 Å². The van der Waals surface area contributed by atoms with E-state index in [0.717, 1.165) is 18.5 Å². The molecule has 2 N–H and O–H groups in total. The topological polar surface area (TPSA) is 148 Å². The van der Waals surface area contributed by atoms with Gasteiger partial charge in [0.15, 0.2) is 5.78 Å². The van der Waals surface area contributed by atoms with Crippen molar-refractivity contribution in [3.8, 4) is 0 Å². The van der Waals surface area contributed by atoms with E-state index in [1.54, 1.807) is 42.5 Å². The predicted molar refractivity (Wildman–Crippen MR) is 101 cm³/mol. The molecule has 0 spiro atoms. The van der Waals surface area contributed by atoms with E-state index in [-0.39, 0.29) is 28.2 Å². The Kier molecular flexibility index (Phi) is 6.86. The van der Waals surface area contributed by atoms with E-state index in [1.165, 1.54) is 12.1 Å². The maximum absolute atomic E-state index is 12.1. The maximum atomic E-state index is 12.1. The lowest BCUT2D eigenvalue weighted by Gasteiger charge is -2.01. The SMILES string of the molecule is O=C(O)c1cncc(C(=O)O)c1.O=C(c1ccccc1)c1ccccc1[N+](=O)[O-]. The van der Waals surface area contributed by atoms with Gasteiger partial charge in [0.1, 0.15) is 5.56 Å². The summed E-state index contributed by atoms with van der Waals surface area (Å²) in [4.78, 5) is 46.5. The van der Waals surface area contributed by atoms with Crippen molar-refractivity contribution >= 4 is 23.4 Å². The van der Waals surface area contributed by atoms with Crippen LogP contribution in [-0.4, -0.2) is 37.8 Å². The summed E-state index contributed by atoms with van der Waals surface area (Å²) in [5, 5.41) is 27.7. The quantitative estimate of drug-likeness (QED) is 0.380. The monoisotopic (exact) mass is 394 g/mol. The first-order chi connectivity index (χ1) is 13.8. The highest BCUT2D eigenvalue weighted by atomic mass is 16.6. The minimum absolute atomic E-state index is 0.115. The van der Waals surface area contributed by atoms with Crippen LogP contribution in [0.25, 0.3) is 0 Å². The molecule has 0 aliphatic rings. The molecular weight excluding hydrogens is 380 g/mol. The van der Waals surface area contributed by atoms with Gasteiger partial charge in [0.05, 0.1) is 16.1 Å². The Bertz CT molecular complexity index is 1040. The molecule has 146 valence electrons. The van der Waals surface area contributed by atoms with Gasteiger partial charge in [-0.25, -0.2) is 9.59 Å². The molecule has 0 atom stereocenters. The van der Waals surface area contributed by atoms with Crippen molar-refractivity contribution in [1.82, 2.24) is 4.98 Å². The number of ketones is 1. The van der Waals surface area contributed by atoms with Crippen molar-refractivity contribution in [1.29, 1.82) is 0 Å². The van der Waals surface area contributed by atoms with E-state index in [9.17, 15) is 24.5 Å². The number of pyridine rings is 1. The van der Waals surface area contributed by atoms with Crippen LogP contribution in [0.4, 0.5) is 5.69 Å². The number of hydrogen-bond donors (Lipinski definition) is 2. The van der Waals surface area contributed by atoms with Gasteiger partial charge in [0.2, 0.25) is 0 Å². The molecule has 0 radical (unpaired) electrons. The first kappa shape index (κ1) is 20.9. The number of para-hydroxylation sites is 1. The van der Waals surface area contributed by atoms with Gasteiger partial charge in [0.25, 0.3) is 5.69 Å². The molecule has 0 bridgehead atoms. The highest BCUT2D eigenvalue weighted by Gasteiger charge is 2.19. The van der Waals surface area contributed by atoms with E-state index >= 15 is 0 Å².